The van der Waals surface area contributed by atoms with E-state index in [1.807, 2.05) is 0 Å². The zero-order valence-corrected chi connectivity index (χ0v) is 8.99. The molecule has 0 saturated carbocycles. The van der Waals surface area contributed by atoms with Gasteiger partial charge in [-0.25, -0.2) is 4.79 Å². The van der Waals surface area contributed by atoms with Crippen molar-refractivity contribution in [2.24, 2.45) is 11.8 Å². The first kappa shape index (κ1) is 12.9. The molecule has 0 amide bonds. The normalized spacial score (nSPS) is 13.2. The predicted molar refractivity (Wildman–Crippen MR) is 49.9 cm³/mol. The molecule has 0 aliphatic heterocycles. The molecule has 14 heavy (non-hydrogen) atoms. The van der Waals surface area contributed by atoms with Gasteiger partial charge in [0.05, 0.1) is 0 Å². The molecular weight excluding hydrogens is 186 g/mol. The number of rotatable bonds is 3. The molecule has 0 spiro atoms. The second-order valence-electron chi connectivity index (χ2n) is 3.93. The summed E-state index contributed by atoms with van der Waals surface area (Å²) in [5.41, 5.74) is -0.612. The van der Waals surface area contributed by atoms with Crippen molar-refractivity contribution in [2.45, 2.75) is 39.7 Å². The molecule has 2 N–H and O–H groups in total. The fourth-order valence-electron chi connectivity index (χ4n) is 0.885. The fourth-order valence-corrected chi connectivity index (χ4v) is 0.885. The lowest BCUT2D eigenvalue weighted by Gasteiger charge is -2.22. The molecule has 0 aromatic heterocycles. The monoisotopic (exact) mass is 203 g/mol. The van der Waals surface area contributed by atoms with E-state index in [1.54, 1.807) is 27.7 Å². The predicted octanol–water partition coefficient (Wildman–Crippen LogP) is 0.771. The number of carbonyl (C=O) groups is 2. The lowest BCUT2D eigenvalue weighted by molar-refractivity contribution is -0.169. The highest BCUT2D eigenvalue weighted by molar-refractivity contribution is 5.94. The van der Waals surface area contributed by atoms with Crippen LogP contribution in [-0.4, -0.2) is 17.5 Å². The molecule has 5 heteroatoms. The van der Waals surface area contributed by atoms with Gasteiger partial charge >= 0.3 is 11.9 Å². The van der Waals surface area contributed by atoms with Crippen LogP contribution in [-0.2, 0) is 19.2 Å². The molecule has 0 aromatic carbocycles. The Labute approximate surface area is 83.5 Å². The van der Waals surface area contributed by atoms with Crippen molar-refractivity contribution in [2.75, 3.05) is 0 Å². The number of hydrogen-bond donors (Lipinski definition) is 1. The minimum Gasteiger partial charge on any atom is -0.459 e. The second kappa shape index (κ2) is 4.95. The van der Waals surface area contributed by atoms with E-state index in [2.05, 4.69) is 4.84 Å². The third kappa shape index (κ3) is 4.23. The van der Waals surface area contributed by atoms with Gasteiger partial charge in [0.15, 0.2) is 5.92 Å². The van der Waals surface area contributed by atoms with Crippen molar-refractivity contribution >= 4 is 11.9 Å². The Kier molecular flexibility index (Phi) is 4.56. The van der Waals surface area contributed by atoms with E-state index < -0.39 is 23.5 Å². The van der Waals surface area contributed by atoms with E-state index in [9.17, 15) is 9.59 Å². The lowest BCUT2D eigenvalue weighted by atomic mass is 10.1. The first-order valence-electron chi connectivity index (χ1n) is 4.45. The van der Waals surface area contributed by atoms with Gasteiger partial charge in [0, 0.05) is 0 Å². The van der Waals surface area contributed by atoms with Crippen molar-refractivity contribution in [3.8, 4) is 0 Å². The molecule has 0 aromatic rings. The molecule has 0 rings (SSSR count). The summed E-state index contributed by atoms with van der Waals surface area (Å²) in [5, 5.41) is 0. The van der Waals surface area contributed by atoms with Crippen molar-refractivity contribution < 1.29 is 19.2 Å². The molecule has 0 aliphatic rings. The Hall–Kier alpha value is -1.10. The van der Waals surface area contributed by atoms with Crippen LogP contribution in [0, 0.1) is 5.92 Å². The SMILES string of the molecule is CC[C@H](C(=O)ON)C(=O)OC(C)(C)C. The first-order chi connectivity index (χ1) is 6.31. The quantitative estimate of drug-likeness (QED) is 0.416. The zero-order chi connectivity index (χ0) is 11.4. The van der Waals surface area contributed by atoms with Crippen LogP contribution in [0.1, 0.15) is 34.1 Å². The summed E-state index contributed by atoms with van der Waals surface area (Å²) >= 11 is 0. The van der Waals surface area contributed by atoms with E-state index in [4.69, 9.17) is 10.6 Å². The topological polar surface area (TPSA) is 78.6 Å². The molecule has 0 heterocycles. The van der Waals surface area contributed by atoms with Gasteiger partial charge in [-0.15, -0.1) is 0 Å². The molecule has 0 saturated heterocycles. The van der Waals surface area contributed by atoms with Gasteiger partial charge in [-0.05, 0) is 27.2 Å². The number of ether oxygens (including phenoxy) is 1. The van der Waals surface area contributed by atoms with Gasteiger partial charge in [0.1, 0.15) is 5.60 Å². The Morgan fingerprint density at radius 2 is 1.79 bits per heavy atom. The lowest BCUT2D eigenvalue weighted by Crippen LogP contribution is -2.34. The third-order valence-corrected chi connectivity index (χ3v) is 1.50. The zero-order valence-electron chi connectivity index (χ0n) is 8.99. The molecule has 0 unspecified atom stereocenters. The molecule has 1 atom stereocenters. The summed E-state index contributed by atoms with van der Waals surface area (Å²) in [7, 11) is 0. The maximum Gasteiger partial charge on any atom is 0.338 e. The van der Waals surface area contributed by atoms with Crippen LogP contribution >= 0.6 is 0 Å². The van der Waals surface area contributed by atoms with Gasteiger partial charge in [-0.3, -0.25) is 4.79 Å². The van der Waals surface area contributed by atoms with E-state index in [1.165, 1.54) is 0 Å². The van der Waals surface area contributed by atoms with Crippen LogP contribution in [0.5, 0.6) is 0 Å². The Bertz CT molecular complexity index is 219. The summed E-state index contributed by atoms with van der Waals surface area (Å²) in [5.74, 6) is 2.40. The van der Waals surface area contributed by atoms with Crippen molar-refractivity contribution in [1.29, 1.82) is 0 Å². The third-order valence-electron chi connectivity index (χ3n) is 1.50. The van der Waals surface area contributed by atoms with Gasteiger partial charge in [0.2, 0.25) is 0 Å². The standard InChI is InChI=1S/C9H17NO4/c1-5-6(8(12)14-10)7(11)13-9(2,3)4/h6H,5,10H2,1-4H3/t6-/m0/s1. The minimum absolute atomic E-state index is 0.310. The molecule has 82 valence electrons. The highest BCUT2D eigenvalue weighted by Crippen LogP contribution is 2.14. The Balaban J connectivity index is 4.40. The van der Waals surface area contributed by atoms with E-state index in [-0.39, 0.29) is 0 Å². The fraction of sp³-hybridized carbons (Fsp3) is 0.778. The van der Waals surface area contributed by atoms with Crippen LogP contribution in [0.2, 0.25) is 0 Å². The van der Waals surface area contributed by atoms with Gasteiger partial charge in [-0.2, -0.15) is 5.90 Å². The smallest absolute Gasteiger partial charge is 0.338 e. The highest BCUT2D eigenvalue weighted by atomic mass is 16.7. The van der Waals surface area contributed by atoms with Crippen molar-refractivity contribution in [3.05, 3.63) is 0 Å². The molecule has 0 bridgehead atoms. The van der Waals surface area contributed by atoms with Gasteiger partial charge in [0.25, 0.3) is 0 Å². The summed E-state index contributed by atoms with van der Waals surface area (Å²) < 4.78 is 5.02. The number of hydrogen-bond acceptors (Lipinski definition) is 5. The number of esters is 1. The maximum absolute atomic E-state index is 11.4. The van der Waals surface area contributed by atoms with Crippen molar-refractivity contribution in [3.63, 3.8) is 0 Å². The summed E-state index contributed by atoms with van der Waals surface area (Å²) in [6, 6.07) is 0. The van der Waals surface area contributed by atoms with Gasteiger partial charge < -0.3 is 9.57 Å². The summed E-state index contributed by atoms with van der Waals surface area (Å²) in [4.78, 5) is 26.4. The van der Waals surface area contributed by atoms with Crippen LogP contribution in [0.25, 0.3) is 0 Å². The Morgan fingerprint density at radius 1 is 1.29 bits per heavy atom. The average Bonchev–Trinajstić information content (AvgIpc) is 2.01. The van der Waals surface area contributed by atoms with Crippen LogP contribution < -0.4 is 5.90 Å². The number of carbonyl (C=O) groups excluding carboxylic acids is 2. The number of nitrogens with two attached hydrogens (primary N) is 1. The van der Waals surface area contributed by atoms with Gasteiger partial charge in [-0.1, -0.05) is 6.92 Å². The van der Waals surface area contributed by atoms with Crippen LogP contribution in [0.3, 0.4) is 0 Å². The highest BCUT2D eigenvalue weighted by Gasteiger charge is 2.30. The second-order valence-corrected chi connectivity index (χ2v) is 3.93. The van der Waals surface area contributed by atoms with Crippen LogP contribution in [0.4, 0.5) is 0 Å². The molecule has 0 radical (unpaired) electrons. The van der Waals surface area contributed by atoms with E-state index in [0.717, 1.165) is 0 Å². The first-order valence-corrected chi connectivity index (χ1v) is 4.45. The maximum atomic E-state index is 11.4. The summed E-state index contributed by atoms with van der Waals surface area (Å²) in [6.45, 7) is 6.87. The molecule has 0 fully saturated rings. The van der Waals surface area contributed by atoms with E-state index in [0.29, 0.717) is 6.42 Å². The Morgan fingerprint density at radius 3 is 2.07 bits per heavy atom. The van der Waals surface area contributed by atoms with Crippen molar-refractivity contribution in [1.82, 2.24) is 0 Å². The average molecular weight is 203 g/mol. The molecular formula is C9H17NO4. The molecule has 5 nitrogen and oxygen atoms in total. The van der Waals surface area contributed by atoms with Crippen LogP contribution in [0.15, 0.2) is 0 Å². The van der Waals surface area contributed by atoms with E-state index >= 15 is 0 Å². The molecule has 0 aliphatic carbocycles. The summed E-state index contributed by atoms with van der Waals surface area (Å²) in [6.07, 6.45) is 0.310. The minimum atomic E-state index is -0.931. The largest absolute Gasteiger partial charge is 0.459 e.